The number of unbranched alkanes of at least 4 members (excludes halogenated alkanes) is 3. The van der Waals surface area contributed by atoms with Gasteiger partial charge in [0.05, 0.1) is 12.6 Å². The molecule has 2 aliphatic rings. The smallest absolute Gasteiger partial charge is 0.246 e. The summed E-state index contributed by atoms with van der Waals surface area (Å²) in [6, 6.07) is 17.6. The van der Waals surface area contributed by atoms with Crippen LogP contribution in [0.4, 0.5) is 0 Å². The van der Waals surface area contributed by atoms with Gasteiger partial charge in [-0.1, -0.05) is 74.7 Å². The topological polar surface area (TPSA) is 56.4 Å². The number of hydrogen-bond acceptors (Lipinski definition) is 2. The summed E-state index contributed by atoms with van der Waals surface area (Å²) in [6.07, 6.45) is 4.95. The van der Waals surface area contributed by atoms with Crippen molar-refractivity contribution in [2.45, 2.75) is 51.1 Å². The summed E-state index contributed by atoms with van der Waals surface area (Å²) in [5, 5.41) is 1.15. The molecule has 1 unspecified atom stereocenters. The molecule has 0 bridgehead atoms. The normalized spacial score (nSPS) is 20.8. The van der Waals surface area contributed by atoms with Gasteiger partial charge in [0.15, 0.2) is 0 Å². The molecule has 31 heavy (non-hydrogen) atoms. The van der Waals surface area contributed by atoms with Crippen LogP contribution in [0.5, 0.6) is 0 Å². The average Bonchev–Trinajstić information content (AvgIpc) is 3.17. The maximum absolute atomic E-state index is 13.5. The van der Waals surface area contributed by atoms with Crippen molar-refractivity contribution in [3.05, 3.63) is 71.4 Å². The Morgan fingerprint density at radius 1 is 0.968 bits per heavy atom. The lowest BCUT2D eigenvalue weighted by molar-refractivity contribution is -0.158. The van der Waals surface area contributed by atoms with Crippen LogP contribution >= 0.6 is 0 Å². The summed E-state index contributed by atoms with van der Waals surface area (Å²) in [6.45, 7) is 3.03. The van der Waals surface area contributed by atoms with E-state index in [1.165, 1.54) is 12.0 Å². The molecular weight excluding hydrogens is 386 g/mol. The number of fused-ring (bicyclic) bond motifs is 4. The second kappa shape index (κ2) is 8.22. The first kappa shape index (κ1) is 19.9. The van der Waals surface area contributed by atoms with Crippen molar-refractivity contribution < 1.29 is 9.59 Å². The minimum Gasteiger partial charge on any atom is -0.356 e. The van der Waals surface area contributed by atoms with E-state index in [-0.39, 0.29) is 24.4 Å². The third-order valence-corrected chi connectivity index (χ3v) is 6.74. The van der Waals surface area contributed by atoms with Gasteiger partial charge in [-0.15, -0.1) is 0 Å². The third kappa shape index (κ3) is 3.42. The minimum absolute atomic E-state index is 0.0400. The molecule has 1 N–H and O–H groups in total. The Balaban J connectivity index is 1.55. The Morgan fingerprint density at radius 2 is 1.74 bits per heavy atom. The molecule has 3 heterocycles. The summed E-state index contributed by atoms with van der Waals surface area (Å²) < 4.78 is 0. The first-order valence-electron chi connectivity index (χ1n) is 11.4. The highest BCUT2D eigenvalue weighted by atomic mass is 16.2. The highest BCUT2D eigenvalue weighted by Crippen LogP contribution is 2.42. The largest absolute Gasteiger partial charge is 0.356 e. The van der Waals surface area contributed by atoms with Crippen LogP contribution in [0.25, 0.3) is 10.9 Å². The summed E-state index contributed by atoms with van der Waals surface area (Å²) in [7, 11) is 0. The molecule has 2 aromatic carbocycles. The van der Waals surface area contributed by atoms with Crippen molar-refractivity contribution in [3.8, 4) is 0 Å². The van der Waals surface area contributed by atoms with Crippen LogP contribution in [-0.2, 0) is 16.0 Å². The molecule has 0 aliphatic carbocycles. The molecule has 2 aliphatic heterocycles. The van der Waals surface area contributed by atoms with Crippen LogP contribution in [0.3, 0.4) is 0 Å². The molecule has 0 saturated carbocycles. The lowest BCUT2D eigenvalue weighted by atomic mass is 9.86. The van der Waals surface area contributed by atoms with Crippen LogP contribution in [0, 0.1) is 0 Å². The second-order valence-electron chi connectivity index (χ2n) is 8.72. The van der Waals surface area contributed by atoms with Gasteiger partial charge in [0.1, 0.15) is 6.04 Å². The monoisotopic (exact) mass is 415 g/mol. The lowest BCUT2D eigenvalue weighted by Gasteiger charge is -2.47. The van der Waals surface area contributed by atoms with E-state index in [4.69, 9.17) is 0 Å². The second-order valence-corrected chi connectivity index (χ2v) is 8.72. The molecule has 2 amide bonds. The number of para-hydroxylation sites is 1. The fourth-order valence-corrected chi connectivity index (χ4v) is 5.22. The van der Waals surface area contributed by atoms with E-state index >= 15 is 0 Å². The zero-order valence-corrected chi connectivity index (χ0v) is 18.0. The highest BCUT2D eigenvalue weighted by molar-refractivity contribution is 5.97. The number of piperazine rings is 1. The molecule has 1 aromatic heterocycles. The van der Waals surface area contributed by atoms with E-state index in [0.717, 1.165) is 41.4 Å². The summed E-state index contributed by atoms with van der Waals surface area (Å²) in [5.41, 5.74) is 4.31. The Morgan fingerprint density at radius 3 is 2.55 bits per heavy atom. The van der Waals surface area contributed by atoms with Gasteiger partial charge in [-0.3, -0.25) is 9.59 Å². The van der Waals surface area contributed by atoms with Crippen molar-refractivity contribution >= 4 is 22.7 Å². The number of hydrogen-bond donors (Lipinski definition) is 1. The molecule has 160 valence electrons. The molecule has 3 aromatic rings. The molecule has 2 atom stereocenters. The van der Waals surface area contributed by atoms with Gasteiger partial charge in [-0.2, -0.15) is 0 Å². The zero-order chi connectivity index (χ0) is 21.4. The van der Waals surface area contributed by atoms with Gasteiger partial charge in [-0.05, 0) is 23.6 Å². The van der Waals surface area contributed by atoms with Crippen LogP contribution in [0.1, 0.15) is 55.5 Å². The molecule has 5 rings (SSSR count). The number of aromatic nitrogens is 1. The Hall–Kier alpha value is -3.08. The molecule has 5 nitrogen and oxygen atoms in total. The van der Waals surface area contributed by atoms with Crippen molar-refractivity contribution in [3.63, 3.8) is 0 Å². The maximum atomic E-state index is 13.5. The number of nitrogens with zero attached hydrogens (tertiary/aromatic N) is 2. The SMILES string of the molecule is CCCCCCN1CC(=O)N2C(c3ccccc3)c3[nH]c4ccccc4c3C[C@@H]2C1=O. The Bertz CT molecular complexity index is 1100. The van der Waals surface area contributed by atoms with E-state index in [2.05, 4.69) is 36.2 Å². The molecule has 1 fully saturated rings. The van der Waals surface area contributed by atoms with Crippen molar-refractivity contribution in [1.29, 1.82) is 0 Å². The van der Waals surface area contributed by atoms with Crippen LogP contribution in [-0.4, -0.2) is 45.7 Å². The third-order valence-electron chi connectivity index (χ3n) is 6.74. The predicted octanol–water partition coefficient (Wildman–Crippen LogP) is 4.43. The fourth-order valence-electron chi connectivity index (χ4n) is 5.22. The van der Waals surface area contributed by atoms with E-state index in [1.807, 2.05) is 35.2 Å². The highest BCUT2D eigenvalue weighted by Gasteiger charge is 2.47. The number of amides is 2. The first-order chi connectivity index (χ1) is 15.2. The maximum Gasteiger partial charge on any atom is 0.246 e. The predicted molar refractivity (Wildman–Crippen MR) is 122 cm³/mol. The number of H-pyrrole nitrogens is 1. The number of carbonyl (C=O) groups excluding carboxylic acids is 2. The quantitative estimate of drug-likeness (QED) is 0.606. The summed E-state index contributed by atoms with van der Waals surface area (Å²) in [4.78, 5) is 34.1. The Kier molecular flexibility index (Phi) is 5.26. The van der Waals surface area contributed by atoms with Gasteiger partial charge in [-0.25, -0.2) is 0 Å². The standard InChI is InChI=1S/C26H29N3O2/c1-2-3-4-10-15-28-17-23(30)29-22(26(28)31)16-20-19-13-8-9-14-21(19)27-24(20)25(29)18-11-6-5-7-12-18/h5-9,11-14,22,25,27H,2-4,10,15-17H2,1H3/t22-,25?/m1/s1. The van der Waals surface area contributed by atoms with Crippen molar-refractivity contribution in [2.75, 3.05) is 13.1 Å². The molecule has 0 spiro atoms. The minimum atomic E-state index is -0.440. The lowest BCUT2D eigenvalue weighted by Crippen LogP contribution is -2.63. The average molecular weight is 416 g/mol. The number of benzene rings is 2. The summed E-state index contributed by atoms with van der Waals surface area (Å²) in [5.74, 6) is 0.131. The van der Waals surface area contributed by atoms with Crippen LogP contribution < -0.4 is 0 Å². The summed E-state index contributed by atoms with van der Waals surface area (Å²) >= 11 is 0. The van der Waals surface area contributed by atoms with E-state index < -0.39 is 6.04 Å². The number of carbonyl (C=O) groups is 2. The fraction of sp³-hybridized carbons (Fsp3) is 0.385. The van der Waals surface area contributed by atoms with E-state index in [9.17, 15) is 9.59 Å². The van der Waals surface area contributed by atoms with Gasteiger partial charge >= 0.3 is 0 Å². The molecular formula is C26H29N3O2. The van der Waals surface area contributed by atoms with Gasteiger partial charge < -0.3 is 14.8 Å². The van der Waals surface area contributed by atoms with Gasteiger partial charge in [0, 0.05) is 29.6 Å². The molecule has 0 radical (unpaired) electrons. The van der Waals surface area contributed by atoms with Crippen molar-refractivity contribution in [1.82, 2.24) is 14.8 Å². The van der Waals surface area contributed by atoms with Crippen molar-refractivity contribution in [2.24, 2.45) is 0 Å². The van der Waals surface area contributed by atoms with Crippen LogP contribution in [0.2, 0.25) is 0 Å². The zero-order valence-electron chi connectivity index (χ0n) is 18.0. The van der Waals surface area contributed by atoms with Gasteiger partial charge in [0.25, 0.3) is 0 Å². The number of nitrogens with one attached hydrogen (secondary N) is 1. The molecule has 5 heteroatoms. The van der Waals surface area contributed by atoms with Gasteiger partial charge in [0.2, 0.25) is 11.8 Å². The van der Waals surface area contributed by atoms with E-state index in [0.29, 0.717) is 13.0 Å². The Labute approximate surface area is 183 Å². The van der Waals surface area contributed by atoms with E-state index in [1.54, 1.807) is 4.90 Å². The number of aromatic amines is 1. The molecule has 1 saturated heterocycles. The van der Waals surface area contributed by atoms with Crippen LogP contribution in [0.15, 0.2) is 54.6 Å². The number of rotatable bonds is 6. The first-order valence-corrected chi connectivity index (χ1v) is 11.4.